The zero-order valence-electron chi connectivity index (χ0n) is 9.88. The van der Waals surface area contributed by atoms with Crippen LogP contribution in [0.1, 0.15) is 25.1 Å². The summed E-state index contributed by atoms with van der Waals surface area (Å²) in [5.74, 6) is 0. The van der Waals surface area contributed by atoms with Gasteiger partial charge in [0.2, 0.25) is 0 Å². The summed E-state index contributed by atoms with van der Waals surface area (Å²) < 4.78 is 0. The zero-order valence-corrected chi connectivity index (χ0v) is 11.4. The number of rotatable bonds is 4. The van der Waals surface area contributed by atoms with Crippen LogP contribution in [-0.4, -0.2) is 15.1 Å². The van der Waals surface area contributed by atoms with E-state index in [9.17, 15) is 5.11 Å². The highest BCUT2D eigenvalue weighted by Gasteiger charge is 2.07. The third-order valence-electron chi connectivity index (χ3n) is 2.43. The van der Waals surface area contributed by atoms with Crippen molar-refractivity contribution in [2.45, 2.75) is 29.4 Å². The van der Waals surface area contributed by atoms with Crippen molar-refractivity contribution >= 4 is 23.4 Å². The minimum Gasteiger partial charge on any atom is -0.387 e. The Balaban J connectivity index is 2.14. The molecule has 0 saturated heterocycles. The van der Waals surface area contributed by atoms with Crippen molar-refractivity contribution < 1.29 is 5.11 Å². The summed E-state index contributed by atoms with van der Waals surface area (Å²) in [6.45, 7) is 1.92. The average Bonchev–Trinajstić information content (AvgIpc) is 2.41. The minimum atomic E-state index is -0.498. The number of pyridine rings is 2. The van der Waals surface area contributed by atoms with Gasteiger partial charge in [0, 0.05) is 17.3 Å². The van der Waals surface area contributed by atoms with E-state index in [1.807, 2.05) is 19.1 Å². The summed E-state index contributed by atoms with van der Waals surface area (Å²) in [6, 6.07) is 7.34. The van der Waals surface area contributed by atoms with Crippen LogP contribution in [0.3, 0.4) is 0 Å². The first-order chi connectivity index (χ1) is 8.70. The molecule has 0 spiro atoms. The van der Waals surface area contributed by atoms with Gasteiger partial charge in [-0.2, -0.15) is 0 Å². The standard InChI is InChI=1S/C13H13ClN2OS/c1-2-12(17)11-6-5-9(8-16-11)18-13-10(14)4-3-7-15-13/h3-8,12,17H,2H2,1H3/t12-/m0/s1. The van der Waals surface area contributed by atoms with Crippen LogP contribution in [-0.2, 0) is 0 Å². The van der Waals surface area contributed by atoms with E-state index in [2.05, 4.69) is 9.97 Å². The summed E-state index contributed by atoms with van der Waals surface area (Å²) in [5.41, 5.74) is 0.689. The fourth-order valence-corrected chi connectivity index (χ4v) is 2.40. The highest BCUT2D eigenvalue weighted by Crippen LogP contribution is 2.31. The molecule has 94 valence electrons. The Morgan fingerprint density at radius 3 is 2.78 bits per heavy atom. The van der Waals surface area contributed by atoms with E-state index in [1.165, 1.54) is 11.8 Å². The fraction of sp³-hybridized carbons (Fsp3) is 0.231. The molecule has 18 heavy (non-hydrogen) atoms. The SMILES string of the molecule is CC[C@H](O)c1ccc(Sc2ncccc2Cl)cn1. The molecule has 0 radical (unpaired) electrons. The third-order valence-corrected chi connectivity index (χ3v) is 3.84. The van der Waals surface area contributed by atoms with E-state index in [-0.39, 0.29) is 0 Å². The van der Waals surface area contributed by atoms with Gasteiger partial charge in [-0.25, -0.2) is 4.98 Å². The molecular weight excluding hydrogens is 268 g/mol. The Bertz CT molecular complexity index is 519. The smallest absolute Gasteiger partial charge is 0.119 e. The van der Waals surface area contributed by atoms with Crippen LogP contribution in [0.5, 0.6) is 0 Å². The molecule has 2 rings (SSSR count). The van der Waals surface area contributed by atoms with E-state index in [1.54, 1.807) is 24.5 Å². The Morgan fingerprint density at radius 1 is 1.33 bits per heavy atom. The number of aliphatic hydroxyl groups is 1. The normalized spacial score (nSPS) is 12.4. The van der Waals surface area contributed by atoms with Crippen LogP contribution in [0, 0.1) is 0 Å². The summed E-state index contributed by atoms with van der Waals surface area (Å²) in [4.78, 5) is 9.38. The lowest BCUT2D eigenvalue weighted by molar-refractivity contribution is 0.169. The molecule has 2 heterocycles. The van der Waals surface area contributed by atoms with Crippen molar-refractivity contribution in [3.05, 3.63) is 47.4 Å². The molecule has 0 amide bonds. The maximum Gasteiger partial charge on any atom is 0.119 e. The minimum absolute atomic E-state index is 0.498. The number of aromatic nitrogens is 2. The van der Waals surface area contributed by atoms with Gasteiger partial charge in [-0.15, -0.1) is 0 Å². The molecule has 0 fully saturated rings. The first kappa shape index (κ1) is 13.3. The second-order valence-electron chi connectivity index (χ2n) is 3.74. The quantitative estimate of drug-likeness (QED) is 0.927. The molecule has 2 aromatic rings. The maximum absolute atomic E-state index is 9.65. The predicted molar refractivity (Wildman–Crippen MR) is 72.9 cm³/mol. The van der Waals surface area contributed by atoms with Crippen molar-refractivity contribution in [2.75, 3.05) is 0 Å². The number of hydrogen-bond acceptors (Lipinski definition) is 4. The van der Waals surface area contributed by atoms with Crippen LogP contribution in [0.25, 0.3) is 0 Å². The van der Waals surface area contributed by atoms with E-state index in [4.69, 9.17) is 11.6 Å². The molecule has 3 nitrogen and oxygen atoms in total. The molecule has 5 heteroatoms. The van der Waals surface area contributed by atoms with Gasteiger partial charge in [0.1, 0.15) is 5.03 Å². The molecule has 1 N–H and O–H groups in total. The number of halogens is 1. The molecule has 0 aromatic carbocycles. The summed E-state index contributed by atoms with van der Waals surface area (Å²) >= 11 is 7.49. The average molecular weight is 281 g/mol. The van der Waals surface area contributed by atoms with E-state index in [0.717, 1.165) is 9.92 Å². The zero-order chi connectivity index (χ0) is 13.0. The summed E-state index contributed by atoms with van der Waals surface area (Å²) in [5, 5.41) is 11.0. The first-order valence-electron chi connectivity index (χ1n) is 5.63. The lowest BCUT2D eigenvalue weighted by atomic mass is 10.2. The second-order valence-corrected chi connectivity index (χ2v) is 5.20. The number of aliphatic hydroxyl groups excluding tert-OH is 1. The van der Waals surface area contributed by atoms with Crippen LogP contribution in [0.4, 0.5) is 0 Å². The fourth-order valence-electron chi connectivity index (χ4n) is 1.42. The molecule has 0 aliphatic rings. The highest BCUT2D eigenvalue weighted by atomic mass is 35.5. The van der Waals surface area contributed by atoms with Gasteiger partial charge in [-0.05, 0) is 30.7 Å². The van der Waals surface area contributed by atoms with Gasteiger partial charge in [-0.3, -0.25) is 4.98 Å². The van der Waals surface area contributed by atoms with E-state index in [0.29, 0.717) is 17.1 Å². The Morgan fingerprint density at radius 2 is 2.17 bits per heavy atom. The van der Waals surface area contributed by atoms with Gasteiger partial charge in [0.15, 0.2) is 0 Å². The molecule has 0 bridgehead atoms. The molecule has 0 unspecified atom stereocenters. The third kappa shape index (κ3) is 3.22. The lowest BCUT2D eigenvalue weighted by Gasteiger charge is -2.07. The van der Waals surface area contributed by atoms with Crippen LogP contribution < -0.4 is 0 Å². The first-order valence-corrected chi connectivity index (χ1v) is 6.82. The molecule has 0 saturated carbocycles. The molecule has 0 aliphatic heterocycles. The van der Waals surface area contributed by atoms with Gasteiger partial charge in [0.25, 0.3) is 0 Å². The Labute approximate surface area is 115 Å². The number of nitrogens with zero attached hydrogens (tertiary/aromatic N) is 2. The van der Waals surface area contributed by atoms with Crippen LogP contribution in [0.2, 0.25) is 5.02 Å². The Kier molecular flexibility index (Phi) is 4.58. The van der Waals surface area contributed by atoms with Crippen molar-refractivity contribution in [3.63, 3.8) is 0 Å². The Hall–Kier alpha value is -1.10. The van der Waals surface area contributed by atoms with Gasteiger partial charge < -0.3 is 5.11 Å². The largest absolute Gasteiger partial charge is 0.387 e. The van der Waals surface area contributed by atoms with Crippen molar-refractivity contribution in [1.82, 2.24) is 9.97 Å². The number of hydrogen-bond donors (Lipinski definition) is 1. The van der Waals surface area contributed by atoms with E-state index >= 15 is 0 Å². The maximum atomic E-state index is 9.65. The highest BCUT2D eigenvalue weighted by molar-refractivity contribution is 7.99. The molecule has 0 aliphatic carbocycles. The monoisotopic (exact) mass is 280 g/mol. The van der Waals surface area contributed by atoms with Crippen molar-refractivity contribution in [3.8, 4) is 0 Å². The topological polar surface area (TPSA) is 46.0 Å². The van der Waals surface area contributed by atoms with Gasteiger partial charge in [-0.1, -0.05) is 30.3 Å². The molecule has 2 aromatic heterocycles. The van der Waals surface area contributed by atoms with E-state index < -0.39 is 6.10 Å². The molecular formula is C13H13ClN2OS. The van der Waals surface area contributed by atoms with Gasteiger partial charge >= 0.3 is 0 Å². The predicted octanol–water partition coefficient (Wildman–Crippen LogP) is 3.72. The van der Waals surface area contributed by atoms with Crippen molar-refractivity contribution in [1.29, 1.82) is 0 Å². The second kappa shape index (κ2) is 6.18. The lowest BCUT2D eigenvalue weighted by Crippen LogP contribution is -1.97. The summed E-state index contributed by atoms with van der Waals surface area (Å²) in [6.07, 6.45) is 3.59. The summed E-state index contributed by atoms with van der Waals surface area (Å²) in [7, 11) is 0. The molecule has 1 atom stereocenters. The van der Waals surface area contributed by atoms with Gasteiger partial charge in [0.05, 0.1) is 16.8 Å². The van der Waals surface area contributed by atoms with Crippen LogP contribution in [0.15, 0.2) is 46.6 Å². The van der Waals surface area contributed by atoms with Crippen molar-refractivity contribution in [2.24, 2.45) is 0 Å². The van der Waals surface area contributed by atoms with Crippen LogP contribution >= 0.6 is 23.4 Å².